The van der Waals surface area contributed by atoms with Gasteiger partial charge in [0.05, 0.1) is 28.5 Å². The SMILES string of the molecule is OC1COCCC1n1cc(I)cn1. The molecule has 2 rings (SSSR count). The van der Waals surface area contributed by atoms with Gasteiger partial charge in [-0.2, -0.15) is 5.10 Å². The van der Waals surface area contributed by atoms with E-state index < -0.39 is 6.10 Å². The zero-order valence-corrected chi connectivity index (χ0v) is 9.22. The van der Waals surface area contributed by atoms with Gasteiger partial charge < -0.3 is 9.84 Å². The van der Waals surface area contributed by atoms with Crippen LogP contribution in [0.1, 0.15) is 12.5 Å². The van der Waals surface area contributed by atoms with Gasteiger partial charge in [-0.1, -0.05) is 0 Å². The van der Waals surface area contributed by atoms with Crippen LogP contribution in [0.15, 0.2) is 12.4 Å². The summed E-state index contributed by atoms with van der Waals surface area (Å²) in [5.41, 5.74) is 0. The van der Waals surface area contributed by atoms with E-state index in [1.54, 1.807) is 6.20 Å². The molecule has 4 nitrogen and oxygen atoms in total. The van der Waals surface area contributed by atoms with Gasteiger partial charge in [0, 0.05) is 12.8 Å². The predicted molar refractivity (Wildman–Crippen MR) is 55.4 cm³/mol. The Balaban J connectivity index is 2.14. The summed E-state index contributed by atoms with van der Waals surface area (Å²) in [7, 11) is 0. The molecule has 1 aromatic heterocycles. The average Bonchev–Trinajstić information content (AvgIpc) is 2.53. The van der Waals surface area contributed by atoms with E-state index in [-0.39, 0.29) is 6.04 Å². The van der Waals surface area contributed by atoms with Crippen LogP contribution in [-0.4, -0.2) is 34.2 Å². The van der Waals surface area contributed by atoms with E-state index in [1.165, 1.54) is 0 Å². The summed E-state index contributed by atoms with van der Waals surface area (Å²) in [5.74, 6) is 0. The van der Waals surface area contributed by atoms with E-state index in [0.29, 0.717) is 13.2 Å². The molecule has 1 saturated heterocycles. The van der Waals surface area contributed by atoms with E-state index in [4.69, 9.17) is 4.74 Å². The van der Waals surface area contributed by atoms with Gasteiger partial charge >= 0.3 is 0 Å². The summed E-state index contributed by atoms with van der Waals surface area (Å²) < 4.78 is 8.07. The predicted octanol–water partition coefficient (Wildman–Crippen LogP) is 0.810. The first-order chi connectivity index (χ1) is 6.27. The summed E-state index contributed by atoms with van der Waals surface area (Å²) in [4.78, 5) is 0. The number of aliphatic hydroxyl groups excluding tert-OH is 1. The Hall–Kier alpha value is -0.140. The summed E-state index contributed by atoms with van der Waals surface area (Å²) in [5, 5.41) is 13.8. The average molecular weight is 294 g/mol. The lowest BCUT2D eigenvalue weighted by Crippen LogP contribution is -2.34. The molecule has 0 spiro atoms. The molecule has 0 bridgehead atoms. The van der Waals surface area contributed by atoms with E-state index in [9.17, 15) is 5.11 Å². The van der Waals surface area contributed by atoms with E-state index >= 15 is 0 Å². The Labute approximate surface area is 90.0 Å². The fourth-order valence-electron chi connectivity index (χ4n) is 1.52. The zero-order valence-electron chi connectivity index (χ0n) is 7.06. The van der Waals surface area contributed by atoms with Crippen LogP contribution in [0.5, 0.6) is 0 Å². The molecule has 0 radical (unpaired) electrons. The molecule has 72 valence electrons. The summed E-state index contributed by atoms with van der Waals surface area (Å²) in [6.07, 6.45) is 4.14. The van der Waals surface area contributed by atoms with Crippen molar-refractivity contribution in [2.75, 3.05) is 13.2 Å². The van der Waals surface area contributed by atoms with Gasteiger partial charge in [0.2, 0.25) is 0 Å². The molecule has 0 saturated carbocycles. The second kappa shape index (κ2) is 3.93. The minimum absolute atomic E-state index is 0.0808. The van der Waals surface area contributed by atoms with Crippen molar-refractivity contribution in [3.8, 4) is 0 Å². The Kier molecular flexibility index (Phi) is 2.85. The first-order valence-corrected chi connectivity index (χ1v) is 5.31. The molecule has 1 aromatic rings. The van der Waals surface area contributed by atoms with E-state index in [0.717, 1.165) is 9.99 Å². The van der Waals surface area contributed by atoms with E-state index in [2.05, 4.69) is 27.7 Å². The first-order valence-electron chi connectivity index (χ1n) is 4.23. The fourth-order valence-corrected chi connectivity index (χ4v) is 1.93. The molecule has 0 aliphatic carbocycles. The molecule has 2 atom stereocenters. The van der Waals surface area contributed by atoms with Crippen LogP contribution < -0.4 is 0 Å². The van der Waals surface area contributed by atoms with Crippen LogP contribution in [0.25, 0.3) is 0 Å². The maximum Gasteiger partial charge on any atom is 0.0997 e. The number of aromatic nitrogens is 2. The monoisotopic (exact) mass is 294 g/mol. The standard InChI is InChI=1S/C8H11IN2O2/c9-6-3-10-11(4-6)7-1-2-13-5-8(7)12/h3-4,7-8,12H,1-2,5H2. The fraction of sp³-hybridized carbons (Fsp3) is 0.625. The summed E-state index contributed by atoms with van der Waals surface area (Å²) in [6.45, 7) is 1.12. The molecule has 1 fully saturated rings. The smallest absolute Gasteiger partial charge is 0.0997 e. The topological polar surface area (TPSA) is 47.3 Å². The Morgan fingerprint density at radius 1 is 1.69 bits per heavy atom. The third kappa shape index (κ3) is 2.03. The van der Waals surface area contributed by atoms with E-state index in [1.807, 2.05) is 10.9 Å². The highest BCUT2D eigenvalue weighted by molar-refractivity contribution is 14.1. The van der Waals surface area contributed by atoms with Gasteiger partial charge in [-0.05, 0) is 29.0 Å². The van der Waals surface area contributed by atoms with Gasteiger partial charge in [-0.25, -0.2) is 0 Å². The minimum Gasteiger partial charge on any atom is -0.388 e. The second-order valence-electron chi connectivity index (χ2n) is 3.14. The van der Waals surface area contributed by atoms with Crippen LogP contribution in [0.2, 0.25) is 0 Å². The summed E-state index contributed by atoms with van der Waals surface area (Å²) >= 11 is 2.21. The van der Waals surface area contributed by atoms with Crippen molar-refractivity contribution in [2.24, 2.45) is 0 Å². The van der Waals surface area contributed by atoms with Crippen LogP contribution in [-0.2, 0) is 4.74 Å². The number of rotatable bonds is 1. The Bertz CT molecular complexity index is 289. The van der Waals surface area contributed by atoms with Crippen molar-refractivity contribution >= 4 is 22.6 Å². The maximum atomic E-state index is 9.64. The number of ether oxygens (including phenoxy) is 1. The molecule has 1 aliphatic rings. The van der Waals surface area contributed by atoms with Crippen molar-refractivity contribution in [1.82, 2.24) is 9.78 Å². The third-order valence-electron chi connectivity index (χ3n) is 2.20. The lowest BCUT2D eigenvalue weighted by Gasteiger charge is -2.27. The molecule has 5 heteroatoms. The Morgan fingerprint density at radius 2 is 2.54 bits per heavy atom. The highest BCUT2D eigenvalue weighted by Crippen LogP contribution is 2.21. The molecule has 2 heterocycles. The normalized spacial score (nSPS) is 29.1. The third-order valence-corrected chi connectivity index (χ3v) is 2.76. The van der Waals surface area contributed by atoms with Crippen LogP contribution in [0.3, 0.4) is 0 Å². The van der Waals surface area contributed by atoms with Crippen LogP contribution in [0.4, 0.5) is 0 Å². The molecule has 13 heavy (non-hydrogen) atoms. The molecule has 1 N–H and O–H groups in total. The number of hydrogen-bond donors (Lipinski definition) is 1. The lowest BCUT2D eigenvalue weighted by molar-refractivity contribution is -0.0416. The van der Waals surface area contributed by atoms with Crippen molar-refractivity contribution in [3.05, 3.63) is 16.0 Å². The molecule has 0 aromatic carbocycles. The number of aliphatic hydroxyl groups is 1. The molecule has 0 amide bonds. The first kappa shape index (κ1) is 9.42. The van der Waals surface area contributed by atoms with Crippen LogP contribution >= 0.6 is 22.6 Å². The lowest BCUT2D eigenvalue weighted by atomic mass is 10.1. The number of halogens is 1. The number of nitrogens with zero attached hydrogens (tertiary/aromatic N) is 2. The van der Waals surface area contributed by atoms with Crippen molar-refractivity contribution in [3.63, 3.8) is 0 Å². The van der Waals surface area contributed by atoms with Crippen LogP contribution in [0, 0.1) is 3.57 Å². The largest absolute Gasteiger partial charge is 0.388 e. The van der Waals surface area contributed by atoms with Gasteiger partial charge in [-0.15, -0.1) is 0 Å². The van der Waals surface area contributed by atoms with Crippen molar-refractivity contribution in [2.45, 2.75) is 18.6 Å². The van der Waals surface area contributed by atoms with Gasteiger partial charge in [0.1, 0.15) is 0 Å². The quantitative estimate of drug-likeness (QED) is 0.780. The zero-order chi connectivity index (χ0) is 9.26. The molecule has 2 unspecified atom stereocenters. The highest BCUT2D eigenvalue weighted by atomic mass is 127. The highest BCUT2D eigenvalue weighted by Gasteiger charge is 2.25. The minimum atomic E-state index is -0.426. The van der Waals surface area contributed by atoms with Gasteiger partial charge in [0.15, 0.2) is 0 Å². The molecular weight excluding hydrogens is 283 g/mol. The summed E-state index contributed by atoms with van der Waals surface area (Å²) in [6, 6.07) is 0.0808. The molecule has 1 aliphatic heterocycles. The van der Waals surface area contributed by atoms with Gasteiger partial charge in [-0.3, -0.25) is 4.68 Å². The maximum absolute atomic E-state index is 9.64. The Morgan fingerprint density at radius 3 is 3.15 bits per heavy atom. The second-order valence-corrected chi connectivity index (χ2v) is 4.38. The number of hydrogen-bond acceptors (Lipinski definition) is 3. The molecular formula is C8H11IN2O2. The van der Waals surface area contributed by atoms with Crippen molar-refractivity contribution < 1.29 is 9.84 Å². The van der Waals surface area contributed by atoms with Gasteiger partial charge in [0.25, 0.3) is 0 Å². The van der Waals surface area contributed by atoms with Crippen molar-refractivity contribution in [1.29, 1.82) is 0 Å².